The molecule has 0 spiro atoms. The number of nitrogens with zero attached hydrogens (tertiary/aromatic N) is 2. The van der Waals surface area contributed by atoms with E-state index in [1.165, 1.54) is 12.8 Å². The Hall–Kier alpha value is -2.27. The Balaban J connectivity index is 1.48. The van der Waals surface area contributed by atoms with Crippen molar-refractivity contribution in [2.45, 2.75) is 43.6 Å². The van der Waals surface area contributed by atoms with Crippen LogP contribution in [0.2, 0.25) is 0 Å². The topological polar surface area (TPSA) is 40.6 Å². The van der Waals surface area contributed by atoms with E-state index in [9.17, 15) is 9.59 Å². The van der Waals surface area contributed by atoms with Crippen molar-refractivity contribution in [3.8, 4) is 0 Å². The average molecular weight is 395 g/mol. The highest BCUT2D eigenvalue weighted by atomic mass is 32.2. The fourth-order valence-corrected chi connectivity index (χ4v) is 5.32. The highest BCUT2D eigenvalue weighted by Gasteiger charge is 2.33. The Labute approximate surface area is 170 Å². The van der Waals surface area contributed by atoms with Gasteiger partial charge in [0.25, 0.3) is 5.91 Å². The van der Waals surface area contributed by atoms with Crippen LogP contribution in [0.1, 0.15) is 52.5 Å². The van der Waals surface area contributed by atoms with Crippen molar-refractivity contribution < 1.29 is 9.59 Å². The summed E-state index contributed by atoms with van der Waals surface area (Å²) in [5.74, 6) is 0.762. The summed E-state index contributed by atoms with van der Waals surface area (Å²) in [7, 11) is 1.92. The van der Waals surface area contributed by atoms with Crippen LogP contribution in [0.4, 0.5) is 0 Å². The number of rotatable bonds is 5. The highest BCUT2D eigenvalue weighted by Crippen LogP contribution is 2.39. The molecule has 2 aliphatic rings. The molecule has 1 saturated heterocycles. The standard InChI is InChI=1S/C23H26N2O2S/c1-24(20-9-5-6-10-20)22(27)18-11-13-19(14-12-18)23-25(21(26)16-28-23)15-17-7-3-2-4-8-17/h2-4,7-8,11-14,20,23H,5-6,9-10,15-16H2,1H3/t23-/m0/s1. The zero-order chi connectivity index (χ0) is 19.5. The van der Waals surface area contributed by atoms with Gasteiger partial charge in [-0.15, -0.1) is 11.8 Å². The number of carbonyl (C=O) groups is 2. The fourth-order valence-electron chi connectivity index (χ4n) is 4.13. The molecule has 1 saturated carbocycles. The number of carbonyl (C=O) groups excluding carboxylic acids is 2. The van der Waals surface area contributed by atoms with Gasteiger partial charge in [-0.2, -0.15) is 0 Å². The van der Waals surface area contributed by atoms with Crippen LogP contribution < -0.4 is 0 Å². The molecule has 1 atom stereocenters. The molecule has 4 rings (SSSR count). The summed E-state index contributed by atoms with van der Waals surface area (Å²) in [6.07, 6.45) is 4.64. The van der Waals surface area contributed by atoms with Crippen molar-refractivity contribution in [1.29, 1.82) is 0 Å². The molecule has 1 aliphatic heterocycles. The van der Waals surface area contributed by atoms with Crippen molar-refractivity contribution in [3.05, 3.63) is 71.3 Å². The minimum Gasteiger partial charge on any atom is -0.339 e. The summed E-state index contributed by atoms with van der Waals surface area (Å²) in [5, 5.41) is 0.00409. The van der Waals surface area contributed by atoms with E-state index in [0.29, 0.717) is 18.3 Å². The van der Waals surface area contributed by atoms with E-state index < -0.39 is 0 Å². The average Bonchev–Trinajstić information content (AvgIpc) is 3.39. The van der Waals surface area contributed by atoms with Crippen molar-refractivity contribution >= 4 is 23.6 Å². The van der Waals surface area contributed by atoms with E-state index in [0.717, 1.165) is 29.5 Å². The smallest absolute Gasteiger partial charge is 0.253 e. The Morgan fingerprint density at radius 3 is 2.43 bits per heavy atom. The summed E-state index contributed by atoms with van der Waals surface area (Å²) >= 11 is 1.65. The predicted octanol–water partition coefficient (Wildman–Crippen LogP) is 4.48. The zero-order valence-electron chi connectivity index (χ0n) is 16.2. The molecule has 0 N–H and O–H groups in total. The Morgan fingerprint density at radius 2 is 1.75 bits per heavy atom. The SMILES string of the molecule is CN(C(=O)c1ccc([C@@H]2SCC(=O)N2Cc2ccccc2)cc1)C1CCCC1. The summed E-state index contributed by atoms with van der Waals surface area (Å²) < 4.78 is 0. The van der Waals surface area contributed by atoms with Gasteiger partial charge in [-0.25, -0.2) is 0 Å². The lowest BCUT2D eigenvalue weighted by atomic mass is 10.1. The first-order valence-electron chi connectivity index (χ1n) is 9.95. The van der Waals surface area contributed by atoms with E-state index >= 15 is 0 Å². The van der Waals surface area contributed by atoms with Crippen molar-refractivity contribution in [2.75, 3.05) is 12.8 Å². The molecule has 2 amide bonds. The number of hydrogen-bond acceptors (Lipinski definition) is 3. The van der Waals surface area contributed by atoms with E-state index in [4.69, 9.17) is 0 Å². The number of thioether (sulfide) groups is 1. The molecule has 146 valence electrons. The first kappa shape index (κ1) is 19.1. The molecule has 2 aromatic rings. The summed E-state index contributed by atoms with van der Waals surface area (Å²) in [5.41, 5.74) is 2.93. The first-order chi connectivity index (χ1) is 13.6. The van der Waals surface area contributed by atoms with Gasteiger partial charge in [0, 0.05) is 25.2 Å². The van der Waals surface area contributed by atoms with Crippen LogP contribution in [0.15, 0.2) is 54.6 Å². The molecule has 4 nitrogen and oxygen atoms in total. The maximum atomic E-state index is 12.8. The first-order valence-corrected chi connectivity index (χ1v) is 11.0. The molecule has 2 aromatic carbocycles. The fraction of sp³-hybridized carbons (Fsp3) is 0.391. The number of benzene rings is 2. The van der Waals surface area contributed by atoms with Crippen LogP contribution >= 0.6 is 11.8 Å². The zero-order valence-corrected chi connectivity index (χ0v) is 17.0. The lowest BCUT2D eigenvalue weighted by Crippen LogP contribution is -2.35. The molecule has 1 heterocycles. The maximum absolute atomic E-state index is 12.8. The van der Waals surface area contributed by atoms with Gasteiger partial charge in [0.15, 0.2) is 0 Å². The molecule has 0 aromatic heterocycles. The number of amides is 2. The van der Waals surface area contributed by atoms with E-state index in [1.54, 1.807) is 11.8 Å². The summed E-state index contributed by atoms with van der Waals surface area (Å²) in [4.78, 5) is 29.0. The van der Waals surface area contributed by atoms with Gasteiger partial charge in [-0.3, -0.25) is 9.59 Å². The molecule has 2 fully saturated rings. The van der Waals surface area contributed by atoms with Gasteiger partial charge < -0.3 is 9.80 Å². The van der Waals surface area contributed by atoms with Crippen LogP contribution in [0.5, 0.6) is 0 Å². The second-order valence-corrected chi connectivity index (χ2v) is 8.72. The number of hydrogen-bond donors (Lipinski definition) is 0. The lowest BCUT2D eigenvalue weighted by molar-refractivity contribution is -0.128. The van der Waals surface area contributed by atoms with Crippen LogP contribution in [0, 0.1) is 0 Å². The Morgan fingerprint density at radius 1 is 1.07 bits per heavy atom. The Kier molecular flexibility index (Phi) is 5.72. The highest BCUT2D eigenvalue weighted by molar-refractivity contribution is 8.00. The molecule has 0 bridgehead atoms. The second-order valence-electron chi connectivity index (χ2n) is 7.65. The quantitative estimate of drug-likeness (QED) is 0.751. The van der Waals surface area contributed by atoms with Crippen molar-refractivity contribution in [1.82, 2.24) is 9.80 Å². The largest absolute Gasteiger partial charge is 0.339 e. The van der Waals surface area contributed by atoms with E-state index in [2.05, 4.69) is 0 Å². The van der Waals surface area contributed by atoms with Crippen molar-refractivity contribution in [2.24, 2.45) is 0 Å². The maximum Gasteiger partial charge on any atom is 0.253 e. The van der Waals surface area contributed by atoms with Crippen LogP contribution in [-0.4, -0.2) is 40.5 Å². The monoisotopic (exact) mass is 394 g/mol. The summed E-state index contributed by atoms with van der Waals surface area (Å²) in [6, 6.07) is 18.3. The van der Waals surface area contributed by atoms with Crippen LogP contribution in [0.3, 0.4) is 0 Å². The van der Waals surface area contributed by atoms with Crippen LogP contribution in [0.25, 0.3) is 0 Å². The third-order valence-corrected chi connectivity index (χ3v) is 7.06. The molecular formula is C23H26N2O2S. The Bertz CT molecular complexity index is 831. The molecule has 1 aliphatic carbocycles. The predicted molar refractivity (Wildman–Crippen MR) is 113 cm³/mol. The van der Waals surface area contributed by atoms with Gasteiger partial charge in [0.1, 0.15) is 5.37 Å². The summed E-state index contributed by atoms with van der Waals surface area (Å²) in [6.45, 7) is 0.614. The van der Waals surface area contributed by atoms with Gasteiger partial charge >= 0.3 is 0 Å². The third kappa shape index (κ3) is 3.95. The molecule has 0 unspecified atom stereocenters. The van der Waals surface area contributed by atoms with Gasteiger partial charge in [-0.1, -0.05) is 55.3 Å². The van der Waals surface area contributed by atoms with Gasteiger partial charge in [-0.05, 0) is 36.1 Å². The molecule has 5 heteroatoms. The molecule has 28 heavy (non-hydrogen) atoms. The van der Waals surface area contributed by atoms with Gasteiger partial charge in [0.2, 0.25) is 5.91 Å². The second kappa shape index (κ2) is 8.39. The normalized spacial score (nSPS) is 20.0. The van der Waals surface area contributed by atoms with Crippen LogP contribution in [-0.2, 0) is 11.3 Å². The molecular weight excluding hydrogens is 368 g/mol. The third-order valence-electron chi connectivity index (χ3n) is 5.80. The van der Waals surface area contributed by atoms with Crippen molar-refractivity contribution in [3.63, 3.8) is 0 Å². The lowest BCUT2D eigenvalue weighted by Gasteiger charge is -2.26. The van der Waals surface area contributed by atoms with E-state index in [-0.39, 0.29) is 17.2 Å². The van der Waals surface area contributed by atoms with E-state index in [1.807, 2.05) is 71.4 Å². The minimum absolute atomic E-state index is 0.00409. The van der Waals surface area contributed by atoms with Gasteiger partial charge in [0.05, 0.1) is 5.75 Å². The molecule has 0 radical (unpaired) electrons. The minimum atomic E-state index is 0.00409.